The van der Waals surface area contributed by atoms with Crippen LogP contribution in [-0.2, 0) is 6.42 Å². The molecule has 33 heavy (non-hydrogen) atoms. The van der Waals surface area contributed by atoms with E-state index in [1.54, 1.807) is 0 Å². The van der Waals surface area contributed by atoms with E-state index in [2.05, 4.69) is 101 Å². The van der Waals surface area contributed by atoms with Crippen LogP contribution in [0.3, 0.4) is 0 Å². The molecule has 0 unspecified atom stereocenters. The fourth-order valence-corrected chi connectivity index (χ4v) is 5.08. The van der Waals surface area contributed by atoms with Gasteiger partial charge in [-0.3, -0.25) is 0 Å². The van der Waals surface area contributed by atoms with E-state index in [1.807, 2.05) is 18.2 Å². The molecule has 0 fully saturated rings. The highest BCUT2D eigenvalue weighted by molar-refractivity contribution is 5.85. The van der Waals surface area contributed by atoms with E-state index < -0.39 is 6.03 Å². The topological polar surface area (TPSA) is 24.5 Å². The van der Waals surface area contributed by atoms with Crippen LogP contribution in [0.2, 0.25) is 0 Å². The third-order valence-electron chi connectivity index (χ3n) is 6.65. The lowest BCUT2D eigenvalue weighted by Gasteiger charge is -2.33. The lowest BCUT2D eigenvalue weighted by molar-refractivity contribution is -0.856. The molecule has 4 nitrogen and oxygen atoms in total. The summed E-state index contributed by atoms with van der Waals surface area (Å²) in [5.41, 5.74) is 7.59. The molecule has 3 aliphatic heterocycles. The van der Waals surface area contributed by atoms with Crippen LogP contribution in [0.4, 0.5) is 11.4 Å². The predicted molar refractivity (Wildman–Crippen MR) is 127 cm³/mol. The van der Waals surface area contributed by atoms with Gasteiger partial charge in [0.1, 0.15) is 0 Å². The van der Waals surface area contributed by atoms with Gasteiger partial charge in [-0.25, -0.2) is 0 Å². The summed E-state index contributed by atoms with van der Waals surface area (Å²) >= 11 is 0. The van der Waals surface area contributed by atoms with Gasteiger partial charge in [0.05, 0.1) is 11.1 Å². The van der Waals surface area contributed by atoms with Crippen molar-refractivity contribution in [3.05, 3.63) is 119 Å². The van der Waals surface area contributed by atoms with Crippen molar-refractivity contribution >= 4 is 23.8 Å². The SMILES string of the molecule is Cc1cccc2c1O[C@]13Oc4c(cccc4Cc4ccccc4[N+]1=C2)C=[N+]3c1ccccc1. The highest BCUT2D eigenvalue weighted by atomic mass is 16.7. The molecule has 4 aromatic carbocycles. The molecule has 1 spiro atoms. The molecule has 0 N–H and O–H groups in total. The Kier molecular flexibility index (Phi) is 3.71. The van der Waals surface area contributed by atoms with Crippen LogP contribution >= 0.6 is 0 Å². The smallest absolute Gasteiger partial charge is 0.340 e. The van der Waals surface area contributed by atoms with Crippen LogP contribution in [0.1, 0.15) is 27.8 Å². The second-order valence-corrected chi connectivity index (χ2v) is 8.72. The molecule has 4 heteroatoms. The maximum Gasteiger partial charge on any atom is 0.714 e. The summed E-state index contributed by atoms with van der Waals surface area (Å²) in [7, 11) is 0. The van der Waals surface area contributed by atoms with Crippen LogP contribution in [-0.4, -0.2) is 27.6 Å². The van der Waals surface area contributed by atoms with Crippen LogP contribution < -0.4 is 9.47 Å². The summed E-state index contributed by atoms with van der Waals surface area (Å²) in [4.78, 5) is 0. The third kappa shape index (κ3) is 2.58. The van der Waals surface area contributed by atoms with Crippen molar-refractivity contribution < 1.29 is 18.6 Å². The Morgan fingerprint density at radius 2 is 1.30 bits per heavy atom. The largest absolute Gasteiger partial charge is 0.714 e. The third-order valence-corrected chi connectivity index (χ3v) is 6.65. The molecule has 0 aliphatic carbocycles. The summed E-state index contributed by atoms with van der Waals surface area (Å²) < 4.78 is 18.1. The number of hydrogen-bond acceptors (Lipinski definition) is 2. The summed E-state index contributed by atoms with van der Waals surface area (Å²) in [5, 5.41) is 0. The first kappa shape index (κ1) is 18.4. The monoisotopic (exact) mass is 430 g/mol. The average molecular weight is 431 g/mol. The van der Waals surface area contributed by atoms with Gasteiger partial charge in [-0.2, -0.15) is 0 Å². The minimum absolute atomic E-state index is 0.791. The molecule has 4 aromatic rings. The van der Waals surface area contributed by atoms with Crippen LogP contribution in [0.25, 0.3) is 0 Å². The molecular formula is C29H22N2O2+2. The molecule has 3 heterocycles. The van der Waals surface area contributed by atoms with Gasteiger partial charge < -0.3 is 9.47 Å². The zero-order valence-corrected chi connectivity index (χ0v) is 18.2. The summed E-state index contributed by atoms with van der Waals surface area (Å²) in [6, 6.07) is 30.1. The van der Waals surface area contributed by atoms with Gasteiger partial charge in [0.25, 0.3) is 0 Å². The summed E-state index contributed by atoms with van der Waals surface area (Å²) in [6.07, 6.45) is 5.10. The maximum absolute atomic E-state index is 6.95. The predicted octanol–water partition coefficient (Wildman–Crippen LogP) is 5.52. The van der Waals surface area contributed by atoms with Crippen LogP contribution in [0, 0.1) is 6.92 Å². The Balaban J connectivity index is 1.63. The van der Waals surface area contributed by atoms with E-state index in [9.17, 15) is 0 Å². The normalized spacial score (nSPS) is 19.3. The Morgan fingerprint density at radius 3 is 2.18 bits per heavy atom. The number of benzene rings is 4. The maximum atomic E-state index is 6.95. The molecule has 158 valence electrons. The quantitative estimate of drug-likeness (QED) is 0.371. The van der Waals surface area contributed by atoms with E-state index in [-0.39, 0.29) is 0 Å². The number of aryl methyl sites for hydroxylation is 1. The van der Waals surface area contributed by atoms with Crippen LogP contribution in [0.5, 0.6) is 11.5 Å². The summed E-state index contributed by atoms with van der Waals surface area (Å²) in [6.45, 7) is 2.08. The summed E-state index contributed by atoms with van der Waals surface area (Å²) in [5.74, 6) is 1.71. The molecule has 3 aliphatic rings. The van der Waals surface area contributed by atoms with Crippen molar-refractivity contribution in [2.45, 2.75) is 19.4 Å². The molecule has 0 radical (unpaired) electrons. The highest BCUT2D eigenvalue weighted by Gasteiger charge is 2.67. The Bertz CT molecular complexity index is 1500. The Hall–Kier alpha value is -4.18. The van der Waals surface area contributed by atoms with Gasteiger partial charge in [-0.05, 0) is 24.6 Å². The number of fused-ring (bicyclic) bond motifs is 3. The molecule has 0 saturated carbocycles. The fraction of sp³-hybridized carbons (Fsp3) is 0.103. The molecular weight excluding hydrogens is 408 g/mol. The van der Waals surface area contributed by atoms with Gasteiger partial charge in [0.15, 0.2) is 23.9 Å². The molecule has 7 rings (SSSR count). The highest BCUT2D eigenvalue weighted by Crippen LogP contribution is 2.45. The van der Waals surface area contributed by atoms with E-state index in [4.69, 9.17) is 9.47 Å². The number of nitrogens with zero attached hydrogens (tertiary/aromatic N) is 2. The van der Waals surface area contributed by atoms with E-state index in [0.717, 1.165) is 51.5 Å². The van der Waals surface area contributed by atoms with Crippen molar-refractivity contribution in [2.75, 3.05) is 0 Å². The van der Waals surface area contributed by atoms with Gasteiger partial charge in [0.2, 0.25) is 11.4 Å². The Morgan fingerprint density at radius 1 is 0.636 bits per heavy atom. The number of ether oxygens (including phenoxy) is 2. The molecule has 0 amide bonds. The molecule has 0 saturated heterocycles. The van der Waals surface area contributed by atoms with E-state index in [1.165, 1.54) is 5.56 Å². The first-order chi connectivity index (χ1) is 16.2. The van der Waals surface area contributed by atoms with Crippen molar-refractivity contribution in [2.24, 2.45) is 0 Å². The first-order valence-corrected chi connectivity index (χ1v) is 11.2. The van der Waals surface area contributed by atoms with Crippen molar-refractivity contribution in [3.8, 4) is 11.5 Å². The van der Waals surface area contributed by atoms with Crippen molar-refractivity contribution in [1.82, 2.24) is 0 Å². The average Bonchev–Trinajstić information content (AvgIpc) is 2.84. The van der Waals surface area contributed by atoms with Gasteiger partial charge in [-0.1, -0.05) is 69.8 Å². The number of rotatable bonds is 1. The van der Waals surface area contributed by atoms with Gasteiger partial charge in [-0.15, -0.1) is 0 Å². The van der Waals surface area contributed by atoms with Crippen LogP contribution in [0.15, 0.2) is 91.0 Å². The number of para-hydroxylation sites is 4. The lowest BCUT2D eigenvalue weighted by atomic mass is 9.97. The van der Waals surface area contributed by atoms with Gasteiger partial charge in [0, 0.05) is 35.7 Å². The molecule has 0 aromatic heterocycles. The van der Waals surface area contributed by atoms with E-state index >= 15 is 0 Å². The second-order valence-electron chi connectivity index (χ2n) is 8.72. The molecule has 2 bridgehead atoms. The van der Waals surface area contributed by atoms with E-state index in [0.29, 0.717) is 0 Å². The zero-order chi connectivity index (χ0) is 22.0. The zero-order valence-electron chi connectivity index (χ0n) is 18.2. The standard InChI is InChI=1S/C29H22N2O2/c1-20-9-7-12-23-19-31-26-16-6-5-10-21(26)17-22-11-8-13-24-18-30(25-14-3-2-4-15-25)29(31,32-27(20)23)33-28(22)24/h2-16,18-19H,17H2,1H3/q+2/t29-/m1/s1. The minimum atomic E-state index is -1.24. The fourth-order valence-electron chi connectivity index (χ4n) is 5.08. The number of hydrogen-bond donors (Lipinski definition) is 0. The van der Waals surface area contributed by atoms with Gasteiger partial charge >= 0.3 is 6.03 Å². The second kappa shape index (κ2) is 6.66. The lowest BCUT2D eigenvalue weighted by Crippen LogP contribution is -2.62. The minimum Gasteiger partial charge on any atom is -0.340 e. The van der Waals surface area contributed by atoms with Crippen molar-refractivity contribution in [1.29, 1.82) is 0 Å². The molecule has 1 atom stereocenters. The Labute approximate surface area is 192 Å². The van der Waals surface area contributed by atoms with Crippen molar-refractivity contribution in [3.63, 3.8) is 0 Å². The first-order valence-electron chi connectivity index (χ1n) is 11.2.